The van der Waals surface area contributed by atoms with Gasteiger partial charge in [-0.3, -0.25) is 4.98 Å². The summed E-state index contributed by atoms with van der Waals surface area (Å²) in [5, 5.41) is 3.37. The van der Waals surface area contributed by atoms with Crippen molar-refractivity contribution < 1.29 is 4.39 Å². The first-order valence-electron chi connectivity index (χ1n) is 4.67. The van der Waals surface area contributed by atoms with Crippen molar-refractivity contribution in [2.24, 2.45) is 0 Å². The molecule has 1 atom stereocenters. The number of aromatic nitrogens is 1. The van der Waals surface area contributed by atoms with Gasteiger partial charge in [-0.05, 0) is 37.4 Å². The summed E-state index contributed by atoms with van der Waals surface area (Å²) in [6.07, 6.45) is 6.29. The number of rotatable bonds is 2. The molecule has 0 aliphatic carbocycles. The van der Waals surface area contributed by atoms with E-state index in [1.807, 2.05) is 0 Å². The maximum atomic E-state index is 12.8. The molecule has 1 N–H and O–H groups in total. The van der Waals surface area contributed by atoms with Crippen LogP contribution in [-0.4, -0.2) is 17.6 Å². The van der Waals surface area contributed by atoms with Gasteiger partial charge >= 0.3 is 0 Å². The summed E-state index contributed by atoms with van der Waals surface area (Å²) < 4.78 is 12.8. The van der Waals surface area contributed by atoms with E-state index >= 15 is 0 Å². The molecule has 0 radical (unpaired) electrons. The highest BCUT2D eigenvalue weighted by molar-refractivity contribution is 5.12. The van der Waals surface area contributed by atoms with E-state index in [9.17, 15) is 4.39 Å². The SMILES string of the molecule is Fc1cncc(CC2CCCN2)c1. The first kappa shape index (κ1) is 8.63. The number of hydrogen-bond donors (Lipinski definition) is 1. The Hall–Kier alpha value is -0.960. The van der Waals surface area contributed by atoms with E-state index in [1.165, 1.54) is 19.0 Å². The minimum Gasteiger partial charge on any atom is -0.314 e. The van der Waals surface area contributed by atoms with Crippen LogP contribution in [0.15, 0.2) is 18.5 Å². The summed E-state index contributed by atoms with van der Waals surface area (Å²) >= 11 is 0. The normalized spacial score (nSPS) is 22.1. The van der Waals surface area contributed by atoms with Gasteiger partial charge in [-0.1, -0.05) is 0 Å². The van der Waals surface area contributed by atoms with Crippen LogP contribution >= 0.6 is 0 Å². The highest BCUT2D eigenvalue weighted by Gasteiger charge is 2.14. The van der Waals surface area contributed by atoms with Crippen molar-refractivity contribution >= 4 is 0 Å². The topological polar surface area (TPSA) is 24.9 Å². The maximum Gasteiger partial charge on any atom is 0.141 e. The van der Waals surface area contributed by atoms with Crippen LogP contribution in [-0.2, 0) is 6.42 Å². The fraction of sp³-hybridized carbons (Fsp3) is 0.500. The molecule has 1 unspecified atom stereocenters. The Labute approximate surface area is 77.2 Å². The van der Waals surface area contributed by atoms with E-state index in [-0.39, 0.29) is 5.82 Å². The molecule has 2 rings (SSSR count). The van der Waals surface area contributed by atoms with Gasteiger partial charge in [0, 0.05) is 12.2 Å². The molecule has 2 nitrogen and oxygen atoms in total. The molecule has 13 heavy (non-hydrogen) atoms. The van der Waals surface area contributed by atoms with Crippen molar-refractivity contribution in [1.29, 1.82) is 0 Å². The molecule has 0 amide bonds. The van der Waals surface area contributed by atoms with Crippen molar-refractivity contribution in [3.63, 3.8) is 0 Å². The molecule has 0 spiro atoms. The third kappa shape index (κ3) is 2.25. The zero-order valence-corrected chi connectivity index (χ0v) is 7.46. The van der Waals surface area contributed by atoms with E-state index in [2.05, 4.69) is 10.3 Å². The van der Waals surface area contributed by atoms with Crippen molar-refractivity contribution in [2.75, 3.05) is 6.54 Å². The second-order valence-corrected chi connectivity index (χ2v) is 3.51. The van der Waals surface area contributed by atoms with Crippen LogP contribution in [0.25, 0.3) is 0 Å². The van der Waals surface area contributed by atoms with E-state index in [0.29, 0.717) is 6.04 Å². The van der Waals surface area contributed by atoms with Crippen molar-refractivity contribution in [2.45, 2.75) is 25.3 Å². The molecule has 0 aromatic carbocycles. The Kier molecular flexibility index (Phi) is 2.54. The lowest BCUT2D eigenvalue weighted by Crippen LogP contribution is -2.23. The molecular formula is C10H13FN2. The average molecular weight is 180 g/mol. The Morgan fingerprint density at radius 1 is 1.54 bits per heavy atom. The summed E-state index contributed by atoms with van der Waals surface area (Å²) in [7, 11) is 0. The molecular weight excluding hydrogens is 167 g/mol. The number of pyridine rings is 1. The third-order valence-corrected chi connectivity index (χ3v) is 2.41. The van der Waals surface area contributed by atoms with Crippen LogP contribution in [0.1, 0.15) is 18.4 Å². The van der Waals surface area contributed by atoms with Crippen LogP contribution in [0.5, 0.6) is 0 Å². The van der Waals surface area contributed by atoms with Gasteiger partial charge in [-0.15, -0.1) is 0 Å². The zero-order valence-electron chi connectivity index (χ0n) is 7.46. The number of nitrogens with zero attached hydrogens (tertiary/aromatic N) is 1. The standard InChI is InChI=1S/C10H13FN2/c11-9-4-8(6-12-7-9)5-10-2-1-3-13-10/h4,6-7,10,13H,1-3,5H2. The minimum absolute atomic E-state index is 0.240. The van der Waals surface area contributed by atoms with Crippen LogP contribution in [0.3, 0.4) is 0 Å². The number of hydrogen-bond acceptors (Lipinski definition) is 2. The summed E-state index contributed by atoms with van der Waals surface area (Å²) in [6.45, 7) is 1.09. The Bertz CT molecular complexity index is 282. The van der Waals surface area contributed by atoms with E-state index in [1.54, 1.807) is 12.3 Å². The predicted molar refractivity (Wildman–Crippen MR) is 48.9 cm³/mol. The first-order valence-corrected chi connectivity index (χ1v) is 4.67. The molecule has 1 aromatic rings. The molecule has 1 fully saturated rings. The molecule has 3 heteroatoms. The summed E-state index contributed by atoms with van der Waals surface area (Å²) in [4.78, 5) is 3.82. The molecule has 0 bridgehead atoms. The lowest BCUT2D eigenvalue weighted by atomic mass is 10.1. The first-order chi connectivity index (χ1) is 6.34. The smallest absolute Gasteiger partial charge is 0.141 e. The third-order valence-electron chi connectivity index (χ3n) is 2.41. The van der Waals surface area contributed by atoms with Crippen molar-refractivity contribution in [3.05, 3.63) is 29.8 Å². The van der Waals surface area contributed by atoms with Crippen LogP contribution < -0.4 is 5.32 Å². The lowest BCUT2D eigenvalue weighted by molar-refractivity contribution is 0.588. The van der Waals surface area contributed by atoms with Crippen molar-refractivity contribution in [1.82, 2.24) is 10.3 Å². The van der Waals surface area contributed by atoms with Gasteiger partial charge in [0.2, 0.25) is 0 Å². The van der Waals surface area contributed by atoms with Gasteiger partial charge in [0.05, 0.1) is 6.20 Å². The molecule has 70 valence electrons. The van der Waals surface area contributed by atoms with Gasteiger partial charge in [-0.25, -0.2) is 4.39 Å². The fourth-order valence-corrected chi connectivity index (χ4v) is 1.78. The Morgan fingerprint density at radius 2 is 2.46 bits per heavy atom. The highest BCUT2D eigenvalue weighted by Crippen LogP contribution is 2.11. The summed E-state index contributed by atoms with van der Waals surface area (Å²) in [5.74, 6) is -0.240. The predicted octanol–water partition coefficient (Wildman–Crippen LogP) is 1.52. The van der Waals surface area contributed by atoms with Gasteiger partial charge in [0.15, 0.2) is 0 Å². The molecule has 1 aromatic heterocycles. The molecule has 1 aliphatic heterocycles. The highest BCUT2D eigenvalue weighted by atomic mass is 19.1. The summed E-state index contributed by atoms with van der Waals surface area (Å²) in [6, 6.07) is 2.08. The second kappa shape index (κ2) is 3.83. The Balaban J connectivity index is 2.00. The molecule has 1 aliphatic rings. The van der Waals surface area contributed by atoms with Gasteiger partial charge < -0.3 is 5.32 Å². The quantitative estimate of drug-likeness (QED) is 0.746. The lowest BCUT2D eigenvalue weighted by Gasteiger charge is -2.08. The minimum atomic E-state index is -0.240. The maximum absolute atomic E-state index is 12.8. The van der Waals surface area contributed by atoms with E-state index in [4.69, 9.17) is 0 Å². The molecule has 2 heterocycles. The van der Waals surface area contributed by atoms with Gasteiger partial charge in [0.25, 0.3) is 0 Å². The van der Waals surface area contributed by atoms with E-state index < -0.39 is 0 Å². The monoisotopic (exact) mass is 180 g/mol. The average Bonchev–Trinajstić information content (AvgIpc) is 2.57. The summed E-state index contributed by atoms with van der Waals surface area (Å²) in [5.41, 5.74) is 0.986. The molecule has 0 saturated carbocycles. The largest absolute Gasteiger partial charge is 0.314 e. The van der Waals surface area contributed by atoms with Crippen LogP contribution in [0, 0.1) is 5.82 Å². The van der Waals surface area contributed by atoms with Gasteiger partial charge in [-0.2, -0.15) is 0 Å². The second-order valence-electron chi connectivity index (χ2n) is 3.51. The van der Waals surface area contributed by atoms with Crippen LogP contribution in [0.2, 0.25) is 0 Å². The van der Waals surface area contributed by atoms with Crippen molar-refractivity contribution in [3.8, 4) is 0 Å². The number of halogens is 1. The van der Waals surface area contributed by atoms with E-state index in [0.717, 1.165) is 18.5 Å². The molecule has 1 saturated heterocycles. The van der Waals surface area contributed by atoms with Crippen LogP contribution in [0.4, 0.5) is 4.39 Å². The number of nitrogens with one attached hydrogen (secondary N) is 1. The Morgan fingerprint density at radius 3 is 3.15 bits per heavy atom. The fourth-order valence-electron chi connectivity index (χ4n) is 1.78. The zero-order chi connectivity index (χ0) is 9.10. The van der Waals surface area contributed by atoms with Gasteiger partial charge in [0.1, 0.15) is 5.82 Å².